The summed E-state index contributed by atoms with van der Waals surface area (Å²) < 4.78 is 5.63. The SMILES string of the molecule is O=C(COc1cccc(NC(=O)C2CC2)c1)NC1CCCc2ccccc21. The third kappa shape index (κ3) is 4.48. The first kappa shape index (κ1) is 17.6. The normalized spacial score (nSPS) is 18.3. The van der Waals surface area contributed by atoms with Gasteiger partial charge in [-0.2, -0.15) is 0 Å². The van der Waals surface area contributed by atoms with E-state index in [1.165, 1.54) is 11.1 Å². The molecule has 5 nitrogen and oxygen atoms in total. The first-order valence-corrected chi connectivity index (χ1v) is 9.60. The summed E-state index contributed by atoms with van der Waals surface area (Å²) in [6.07, 6.45) is 5.02. The number of benzene rings is 2. The van der Waals surface area contributed by atoms with Crippen molar-refractivity contribution < 1.29 is 14.3 Å². The summed E-state index contributed by atoms with van der Waals surface area (Å²) in [5.74, 6) is 0.645. The fourth-order valence-electron chi connectivity index (χ4n) is 3.54. The van der Waals surface area contributed by atoms with Gasteiger partial charge >= 0.3 is 0 Å². The summed E-state index contributed by atoms with van der Waals surface area (Å²) in [6, 6.07) is 15.5. The maximum absolute atomic E-state index is 12.3. The zero-order chi connectivity index (χ0) is 18.6. The number of carbonyl (C=O) groups is 2. The van der Waals surface area contributed by atoms with Crippen LogP contribution in [0.15, 0.2) is 48.5 Å². The van der Waals surface area contributed by atoms with Crippen LogP contribution in [0, 0.1) is 5.92 Å². The van der Waals surface area contributed by atoms with Gasteiger partial charge in [-0.15, -0.1) is 0 Å². The van der Waals surface area contributed by atoms with Crippen molar-refractivity contribution in [3.8, 4) is 5.75 Å². The summed E-state index contributed by atoms with van der Waals surface area (Å²) in [5.41, 5.74) is 3.22. The molecule has 0 heterocycles. The minimum atomic E-state index is -0.135. The van der Waals surface area contributed by atoms with E-state index in [-0.39, 0.29) is 30.4 Å². The molecule has 0 aliphatic heterocycles. The van der Waals surface area contributed by atoms with E-state index in [2.05, 4.69) is 22.8 Å². The second kappa shape index (κ2) is 7.82. The Morgan fingerprint density at radius 1 is 1.04 bits per heavy atom. The number of fused-ring (bicyclic) bond motifs is 1. The molecule has 5 heteroatoms. The van der Waals surface area contributed by atoms with E-state index in [1.54, 1.807) is 12.1 Å². The molecule has 2 N–H and O–H groups in total. The molecule has 27 heavy (non-hydrogen) atoms. The summed E-state index contributed by atoms with van der Waals surface area (Å²) in [7, 11) is 0. The van der Waals surface area contributed by atoms with Crippen molar-refractivity contribution in [2.24, 2.45) is 5.92 Å². The summed E-state index contributed by atoms with van der Waals surface area (Å²) >= 11 is 0. The van der Waals surface area contributed by atoms with E-state index < -0.39 is 0 Å². The molecular formula is C22H24N2O3. The molecule has 2 aliphatic rings. The Morgan fingerprint density at radius 2 is 1.89 bits per heavy atom. The second-order valence-corrected chi connectivity index (χ2v) is 7.29. The average molecular weight is 364 g/mol. The second-order valence-electron chi connectivity index (χ2n) is 7.29. The lowest BCUT2D eigenvalue weighted by molar-refractivity contribution is -0.124. The number of amides is 2. The number of anilines is 1. The van der Waals surface area contributed by atoms with Crippen LogP contribution >= 0.6 is 0 Å². The van der Waals surface area contributed by atoms with Crippen molar-refractivity contribution >= 4 is 17.5 Å². The van der Waals surface area contributed by atoms with Gasteiger partial charge in [0.1, 0.15) is 5.75 Å². The number of hydrogen-bond acceptors (Lipinski definition) is 3. The van der Waals surface area contributed by atoms with Gasteiger partial charge in [0.15, 0.2) is 6.61 Å². The Bertz CT molecular complexity index is 845. The molecule has 4 rings (SSSR count). The first-order chi connectivity index (χ1) is 13.2. The van der Waals surface area contributed by atoms with Crippen LogP contribution in [0.3, 0.4) is 0 Å². The van der Waals surface area contributed by atoms with E-state index in [0.717, 1.165) is 32.1 Å². The number of ether oxygens (including phenoxy) is 1. The number of rotatable bonds is 6. The Kier molecular flexibility index (Phi) is 5.10. The molecule has 2 aromatic carbocycles. The van der Waals surface area contributed by atoms with Crippen molar-refractivity contribution in [1.29, 1.82) is 0 Å². The molecule has 1 fully saturated rings. The molecule has 2 aliphatic carbocycles. The molecular weight excluding hydrogens is 340 g/mol. The van der Waals surface area contributed by atoms with Gasteiger partial charge in [0, 0.05) is 17.7 Å². The van der Waals surface area contributed by atoms with Crippen molar-refractivity contribution in [1.82, 2.24) is 5.32 Å². The Balaban J connectivity index is 1.31. The highest BCUT2D eigenvalue weighted by Crippen LogP contribution is 2.31. The predicted octanol–water partition coefficient (Wildman–Crippen LogP) is 3.61. The maximum atomic E-state index is 12.3. The molecule has 0 radical (unpaired) electrons. The largest absolute Gasteiger partial charge is 0.484 e. The molecule has 0 spiro atoms. The van der Waals surface area contributed by atoms with Gasteiger partial charge in [0.05, 0.1) is 6.04 Å². The van der Waals surface area contributed by atoms with E-state index in [9.17, 15) is 9.59 Å². The Labute approximate surface area is 159 Å². The van der Waals surface area contributed by atoms with Crippen molar-refractivity contribution in [2.45, 2.75) is 38.1 Å². The van der Waals surface area contributed by atoms with Gasteiger partial charge in [-0.05, 0) is 55.4 Å². The van der Waals surface area contributed by atoms with Crippen LogP contribution in [0.4, 0.5) is 5.69 Å². The number of aryl methyl sites for hydroxylation is 1. The van der Waals surface area contributed by atoms with Crippen LogP contribution in [-0.2, 0) is 16.0 Å². The molecule has 0 saturated heterocycles. The lowest BCUT2D eigenvalue weighted by Crippen LogP contribution is -2.34. The predicted molar refractivity (Wildman–Crippen MR) is 104 cm³/mol. The Morgan fingerprint density at radius 3 is 2.74 bits per heavy atom. The van der Waals surface area contributed by atoms with Crippen LogP contribution in [0.1, 0.15) is 42.9 Å². The molecule has 140 valence electrons. The molecule has 1 atom stereocenters. The molecule has 0 aromatic heterocycles. The molecule has 1 saturated carbocycles. The molecule has 2 aromatic rings. The van der Waals surface area contributed by atoms with Crippen LogP contribution in [0.2, 0.25) is 0 Å². The van der Waals surface area contributed by atoms with Crippen molar-refractivity contribution in [3.05, 3.63) is 59.7 Å². The van der Waals surface area contributed by atoms with E-state index in [0.29, 0.717) is 11.4 Å². The number of nitrogens with one attached hydrogen (secondary N) is 2. The topological polar surface area (TPSA) is 67.4 Å². The van der Waals surface area contributed by atoms with Crippen molar-refractivity contribution in [2.75, 3.05) is 11.9 Å². The van der Waals surface area contributed by atoms with E-state index in [4.69, 9.17) is 4.74 Å². The highest BCUT2D eigenvalue weighted by Gasteiger charge is 2.29. The van der Waals surface area contributed by atoms with Gasteiger partial charge in [-0.3, -0.25) is 9.59 Å². The van der Waals surface area contributed by atoms with Gasteiger partial charge in [-0.1, -0.05) is 30.3 Å². The standard InChI is InChI=1S/C22H24N2O3/c25-21(24-20-10-3-6-15-5-1-2-9-19(15)20)14-27-18-8-4-7-17(13-18)23-22(26)16-11-12-16/h1-2,4-5,7-9,13,16,20H,3,6,10-12,14H2,(H,23,26)(H,24,25). The number of carbonyl (C=O) groups excluding carboxylic acids is 2. The molecule has 2 amide bonds. The fourth-order valence-corrected chi connectivity index (χ4v) is 3.54. The van der Waals surface area contributed by atoms with E-state index in [1.807, 2.05) is 24.3 Å². The average Bonchev–Trinajstić information content (AvgIpc) is 3.52. The maximum Gasteiger partial charge on any atom is 0.258 e. The van der Waals surface area contributed by atoms with Gasteiger partial charge in [0.25, 0.3) is 5.91 Å². The summed E-state index contributed by atoms with van der Waals surface area (Å²) in [6.45, 7) is -0.0430. The fraction of sp³-hybridized carbons (Fsp3) is 0.364. The van der Waals surface area contributed by atoms with Gasteiger partial charge < -0.3 is 15.4 Å². The third-order valence-electron chi connectivity index (χ3n) is 5.12. The van der Waals surface area contributed by atoms with Crippen LogP contribution < -0.4 is 15.4 Å². The minimum absolute atomic E-state index is 0.0430. The zero-order valence-electron chi connectivity index (χ0n) is 15.2. The third-order valence-corrected chi connectivity index (χ3v) is 5.12. The highest BCUT2D eigenvalue weighted by molar-refractivity contribution is 5.94. The summed E-state index contributed by atoms with van der Waals surface area (Å²) in [5, 5.41) is 5.97. The lowest BCUT2D eigenvalue weighted by atomic mass is 9.88. The summed E-state index contributed by atoms with van der Waals surface area (Å²) in [4.78, 5) is 24.2. The van der Waals surface area contributed by atoms with Crippen LogP contribution in [0.5, 0.6) is 5.75 Å². The highest BCUT2D eigenvalue weighted by atomic mass is 16.5. The minimum Gasteiger partial charge on any atom is -0.484 e. The molecule has 1 unspecified atom stereocenters. The monoisotopic (exact) mass is 364 g/mol. The Hall–Kier alpha value is -2.82. The first-order valence-electron chi connectivity index (χ1n) is 9.60. The van der Waals surface area contributed by atoms with Crippen LogP contribution in [-0.4, -0.2) is 18.4 Å². The molecule has 0 bridgehead atoms. The van der Waals surface area contributed by atoms with Gasteiger partial charge in [0.2, 0.25) is 5.91 Å². The van der Waals surface area contributed by atoms with E-state index >= 15 is 0 Å². The van der Waals surface area contributed by atoms with Gasteiger partial charge in [-0.25, -0.2) is 0 Å². The van der Waals surface area contributed by atoms with Crippen LogP contribution in [0.25, 0.3) is 0 Å². The van der Waals surface area contributed by atoms with Crippen molar-refractivity contribution in [3.63, 3.8) is 0 Å². The quantitative estimate of drug-likeness (QED) is 0.823. The number of hydrogen-bond donors (Lipinski definition) is 2. The lowest BCUT2D eigenvalue weighted by Gasteiger charge is -2.26. The smallest absolute Gasteiger partial charge is 0.258 e. The zero-order valence-corrected chi connectivity index (χ0v) is 15.2.